The minimum absolute atomic E-state index is 0.157. The Balaban J connectivity index is 1.24. The minimum Gasteiger partial charge on any atom is -0.382 e. The highest BCUT2D eigenvalue weighted by atomic mass is 35.5. The summed E-state index contributed by atoms with van der Waals surface area (Å²) in [6.45, 7) is 3.41. The van der Waals surface area contributed by atoms with Gasteiger partial charge in [0.2, 0.25) is 5.91 Å². The standard InChI is InChI=1S/C21H20ClN5OS/c22-15-3-2-14-8-16(29-19(14)9-15)11-26-5-6-27(20(28)12-26)10-13-1-4-17-18(7-13)24-25-21(17)23/h1-4,7-9H,5-6,10-12H2,(H3,23,24,25). The van der Waals surface area contributed by atoms with Crippen molar-refractivity contribution in [3.63, 3.8) is 0 Å². The molecule has 5 rings (SSSR count). The van der Waals surface area contributed by atoms with Gasteiger partial charge < -0.3 is 10.6 Å². The van der Waals surface area contributed by atoms with Gasteiger partial charge in [-0.1, -0.05) is 23.7 Å². The van der Waals surface area contributed by atoms with Gasteiger partial charge >= 0.3 is 0 Å². The lowest BCUT2D eigenvalue weighted by molar-refractivity contribution is -0.136. The number of nitrogens with zero attached hydrogens (tertiary/aromatic N) is 3. The fraction of sp³-hybridized carbons (Fsp3) is 0.238. The zero-order valence-corrected chi connectivity index (χ0v) is 17.3. The van der Waals surface area contributed by atoms with Crippen molar-refractivity contribution in [1.82, 2.24) is 20.0 Å². The number of rotatable bonds is 4. The number of nitrogens with two attached hydrogens (primary N) is 1. The van der Waals surface area contributed by atoms with E-state index >= 15 is 0 Å². The molecule has 1 fully saturated rings. The number of benzene rings is 2. The average molecular weight is 426 g/mol. The summed E-state index contributed by atoms with van der Waals surface area (Å²) in [6.07, 6.45) is 0. The molecule has 0 spiro atoms. The lowest BCUT2D eigenvalue weighted by atomic mass is 10.1. The van der Waals surface area contributed by atoms with Crippen LogP contribution >= 0.6 is 22.9 Å². The van der Waals surface area contributed by atoms with Crippen LogP contribution in [0.4, 0.5) is 5.82 Å². The number of aromatic amines is 1. The van der Waals surface area contributed by atoms with Crippen molar-refractivity contribution in [1.29, 1.82) is 0 Å². The number of anilines is 1. The molecule has 2 aromatic heterocycles. The lowest BCUT2D eigenvalue weighted by Crippen LogP contribution is -2.49. The topological polar surface area (TPSA) is 78.2 Å². The molecule has 3 N–H and O–H groups in total. The number of halogens is 1. The van der Waals surface area contributed by atoms with Crippen molar-refractivity contribution in [2.75, 3.05) is 25.4 Å². The zero-order chi connectivity index (χ0) is 20.0. The summed E-state index contributed by atoms with van der Waals surface area (Å²) < 4.78 is 1.19. The van der Waals surface area contributed by atoms with Crippen molar-refractivity contribution >= 4 is 55.7 Å². The summed E-state index contributed by atoms with van der Waals surface area (Å²) in [5.41, 5.74) is 7.80. The Morgan fingerprint density at radius 1 is 1.14 bits per heavy atom. The number of amides is 1. The number of nitrogens with one attached hydrogen (secondary N) is 1. The first-order chi connectivity index (χ1) is 14.0. The van der Waals surface area contributed by atoms with Gasteiger partial charge in [0.05, 0.1) is 12.1 Å². The summed E-state index contributed by atoms with van der Waals surface area (Å²) in [4.78, 5) is 18.1. The molecule has 0 unspecified atom stereocenters. The molecule has 0 saturated carbocycles. The Bertz CT molecular complexity index is 1220. The third-order valence-corrected chi connectivity index (χ3v) is 6.66. The van der Waals surface area contributed by atoms with Gasteiger partial charge in [-0.05, 0) is 41.3 Å². The molecular weight excluding hydrogens is 406 g/mol. The van der Waals surface area contributed by atoms with E-state index in [1.54, 1.807) is 11.3 Å². The monoisotopic (exact) mass is 425 g/mol. The van der Waals surface area contributed by atoms with Crippen LogP contribution in [0.25, 0.3) is 21.0 Å². The van der Waals surface area contributed by atoms with Crippen molar-refractivity contribution < 1.29 is 4.79 Å². The Morgan fingerprint density at radius 2 is 2.03 bits per heavy atom. The molecule has 1 aliphatic heterocycles. The molecule has 1 aliphatic rings. The van der Waals surface area contributed by atoms with E-state index in [-0.39, 0.29) is 5.91 Å². The Kier molecular flexibility index (Phi) is 4.66. The molecule has 0 bridgehead atoms. The van der Waals surface area contributed by atoms with Crippen LogP contribution in [0, 0.1) is 0 Å². The van der Waals surface area contributed by atoms with E-state index in [0.29, 0.717) is 18.9 Å². The van der Waals surface area contributed by atoms with Crippen LogP contribution in [0.2, 0.25) is 5.02 Å². The molecule has 1 amide bonds. The van der Waals surface area contributed by atoms with E-state index < -0.39 is 0 Å². The SMILES string of the molecule is Nc1n[nH]c2cc(CN3CCN(Cc4cc5ccc(Cl)cc5s4)CC3=O)ccc12. The number of carbonyl (C=O) groups is 1. The Labute approximate surface area is 176 Å². The zero-order valence-electron chi connectivity index (χ0n) is 15.7. The number of thiophene rings is 1. The van der Waals surface area contributed by atoms with Gasteiger partial charge in [0.1, 0.15) is 0 Å². The maximum atomic E-state index is 12.7. The van der Waals surface area contributed by atoms with Crippen LogP contribution in [0.1, 0.15) is 10.4 Å². The van der Waals surface area contributed by atoms with Gasteiger partial charge in [-0.2, -0.15) is 5.10 Å². The number of carbonyl (C=O) groups excluding carboxylic acids is 1. The van der Waals surface area contributed by atoms with E-state index in [2.05, 4.69) is 21.2 Å². The van der Waals surface area contributed by atoms with Crippen molar-refractivity contribution in [3.8, 4) is 0 Å². The molecular formula is C21H20ClN5OS. The molecule has 3 heterocycles. The number of hydrogen-bond donors (Lipinski definition) is 2. The van der Waals surface area contributed by atoms with E-state index in [4.69, 9.17) is 17.3 Å². The van der Waals surface area contributed by atoms with E-state index in [1.807, 2.05) is 41.3 Å². The predicted octanol–water partition coefficient (Wildman–Crippen LogP) is 3.86. The summed E-state index contributed by atoms with van der Waals surface area (Å²) in [7, 11) is 0. The molecule has 8 heteroatoms. The molecule has 2 aromatic carbocycles. The number of fused-ring (bicyclic) bond motifs is 2. The van der Waals surface area contributed by atoms with Crippen LogP contribution in [-0.2, 0) is 17.9 Å². The first kappa shape index (κ1) is 18.4. The number of hydrogen-bond acceptors (Lipinski definition) is 5. The molecule has 0 atom stereocenters. The van der Waals surface area contributed by atoms with Crippen molar-refractivity contribution in [3.05, 3.63) is 57.9 Å². The van der Waals surface area contributed by atoms with Crippen LogP contribution in [0.5, 0.6) is 0 Å². The Hall–Kier alpha value is -2.61. The first-order valence-electron chi connectivity index (χ1n) is 9.46. The second-order valence-electron chi connectivity index (χ2n) is 7.41. The van der Waals surface area contributed by atoms with Crippen molar-refractivity contribution in [2.24, 2.45) is 0 Å². The lowest BCUT2D eigenvalue weighted by Gasteiger charge is -2.34. The van der Waals surface area contributed by atoms with Gasteiger partial charge in [0.15, 0.2) is 5.82 Å². The van der Waals surface area contributed by atoms with Gasteiger partial charge in [-0.3, -0.25) is 14.8 Å². The quantitative estimate of drug-likeness (QED) is 0.520. The summed E-state index contributed by atoms with van der Waals surface area (Å²) in [6, 6.07) is 14.1. The average Bonchev–Trinajstić information content (AvgIpc) is 3.26. The van der Waals surface area contributed by atoms with Crippen LogP contribution < -0.4 is 5.73 Å². The van der Waals surface area contributed by atoms with Gasteiger partial charge in [-0.25, -0.2) is 0 Å². The fourth-order valence-electron chi connectivity index (χ4n) is 3.82. The highest BCUT2D eigenvalue weighted by Gasteiger charge is 2.24. The molecule has 1 saturated heterocycles. The summed E-state index contributed by atoms with van der Waals surface area (Å²) in [5.74, 6) is 0.657. The third-order valence-electron chi connectivity index (χ3n) is 5.34. The Morgan fingerprint density at radius 3 is 2.90 bits per heavy atom. The third kappa shape index (κ3) is 3.69. The van der Waals surface area contributed by atoms with E-state index in [1.165, 1.54) is 15.0 Å². The van der Waals surface area contributed by atoms with Gasteiger partial charge in [-0.15, -0.1) is 11.3 Å². The predicted molar refractivity (Wildman–Crippen MR) is 118 cm³/mol. The number of nitrogen functional groups attached to an aromatic ring is 1. The van der Waals surface area contributed by atoms with E-state index in [9.17, 15) is 4.79 Å². The van der Waals surface area contributed by atoms with Crippen molar-refractivity contribution in [2.45, 2.75) is 13.1 Å². The summed E-state index contributed by atoms with van der Waals surface area (Å²) in [5, 5.41) is 9.83. The number of aromatic nitrogens is 2. The fourth-order valence-corrected chi connectivity index (χ4v) is 5.21. The first-order valence-corrected chi connectivity index (χ1v) is 10.7. The highest BCUT2D eigenvalue weighted by molar-refractivity contribution is 7.19. The summed E-state index contributed by atoms with van der Waals surface area (Å²) >= 11 is 7.83. The minimum atomic E-state index is 0.157. The maximum absolute atomic E-state index is 12.7. The number of H-pyrrole nitrogens is 1. The molecule has 4 aromatic rings. The van der Waals surface area contributed by atoms with Gasteiger partial charge in [0, 0.05) is 46.2 Å². The molecule has 6 nitrogen and oxygen atoms in total. The molecule has 148 valence electrons. The molecule has 29 heavy (non-hydrogen) atoms. The second-order valence-corrected chi connectivity index (χ2v) is 9.01. The van der Waals surface area contributed by atoms with Crippen LogP contribution in [-0.4, -0.2) is 45.5 Å². The molecule has 0 radical (unpaired) electrons. The maximum Gasteiger partial charge on any atom is 0.237 e. The van der Waals surface area contributed by atoms with Crippen LogP contribution in [0.3, 0.4) is 0 Å². The highest BCUT2D eigenvalue weighted by Crippen LogP contribution is 2.29. The largest absolute Gasteiger partial charge is 0.382 e. The normalized spacial score (nSPS) is 15.6. The second kappa shape index (κ2) is 7.33. The molecule has 0 aliphatic carbocycles. The number of piperazine rings is 1. The van der Waals surface area contributed by atoms with E-state index in [0.717, 1.165) is 41.1 Å². The smallest absolute Gasteiger partial charge is 0.237 e. The van der Waals surface area contributed by atoms with Gasteiger partial charge in [0.25, 0.3) is 0 Å². The van der Waals surface area contributed by atoms with Crippen LogP contribution in [0.15, 0.2) is 42.5 Å².